The van der Waals surface area contributed by atoms with E-state index < -0.39 is 24.9 Å². The molecule has 1 saturated heterocycles. The highest BCUT2D eigenvalue weighted by Crippen LogP contribution is 2.29. The van der Waals surface area contributed by atoms with Crippen molar-refractivity contribution in [1.82, 2.24) is 4.90 Å². The summed E-state index contributed by atoms with van der Waals surface area (Å²) < 4.78 is 48.9. The number of hydrogen-bond acceptors (Lipinski definition) is 4. The third-order valence-corrected chi connectivity index (χ3v) is 7.61. The van der Waals surface area contributed by atoms with Crippen molar-refractivity contribution in [1.29, 1.82) is 0 Å². The Labute approximate surface area is 241 Å². The summed E-state index contributed by atoms with van der Waals surface area (Å²) in [6.45, 7) is 1.37. The van der Waals surface area contributed by atoms with Crippen LogP contribution in [0.15, 0.2) is 115 Å². The molecule has 0 aromatic heterocycles. The van der Waals surface area contributed by atoms with E-state index in [0.29, 0.717) is 44.9 Å². The van der Waals surface area contributed by atoms with Gasteiger partial charge in [-0.15, -0.1) is 0 Å². The number of halogens is 2. The Balaban J connectivity index is 1.41. The van der Waals surface area contributed by atoms with Crippen LogP contribution in [0.4, 0.5) is 8.78 Å². The van der Waals surface area contributed by atoms with Gasteiger partial charge < -0.3 is 14.2 Å². The Hall–Kier alpha value is -3.42. The third kappa shape index (κ3) is 8.08. The van der Waals surface area contributed by atoms with Crippen LogP contribution in [0.3, 0.4) is 0 Å². The maximum atomic E-state index is 14.9. The first-order valence-electron chi connectivity index (χ1n) is 14.2. The summed E-state index contributed by atoms with van der Waals surface area (Å²) in [7, 11) is 0. The average Bonchev–Trinajstić information content (AvgIpc) is 3.03. The van der Waals surface area contributed by atoms with E-state index in [9.17, 15) is 8.78 Å². The van der Waals surface area contributed by atoms with E-state index in [4.69, 9.17) is 14.2 Å². The fraction of sp³-hybridized carbons (Fsp3) is 0.314. The Morgan fingerprint density at radius 3 is 1.63 bits per heavy atom. The molecule has 4 aromatic rings. The van der Waals surface area contributed by atoms with Crippen LogP contribution in [0.2, 0.25) is 0 Å². The lowest BCUT2D eigenvalue weighted by Crippen LogP contribution is -2.64. The fourth-order valence-electron chi connectivity index (χ4n) is 5.38. The molecular weight excluding hydrogens is 520 g/mol. The Bertz CT molecular complexity index is 1310. The van der Waals surface area contributed by atoms with Crippen molar-refractivity contribution in [3.63, 3.8) is 0 Å². The topological polar surface area (TPSA) is 30.9 Å². The highest BCUT2D eigenvalue weighted by Gasteiger charge is 2.46. The van der Waals surface area contributed by atoms with Gasteiger partial charge in [0.05, 0.1) is 32.0 Å². The molecule has 41 heavy (non-hydrogen) atoms. The zero-order valence-electron chi connectivity index (χ0n) is 23.2. The first-order valence-corrected chi connectivity index (χ1v) is 14.2. The predicted molar refractivity (Wildman–Crippen MR) is 156 cm³/mol. The number of likely N-dealkylation sites (tertiary alicyclic amines) is 1. The van der Waals surface area contributed by atoms with Crippen LogP contribution in [0.1, 0.15) is 22.3 Å². The lowest BCUT2D eigenvalue weighted by Gasteiger charge is -2.47. The second-order valence-corrected chi connectivity index (χ2v) is 10.4. The van der Waals surface area contributed by atoms with Crippen LogP contribution in [0.25, 0.3) is 0 Å². The lowest BCUT2D eigenvalue weighted by atomic mass is 9.92. The minimum atomic E-state index is -0.618. The molecular formula is C35H37F2NO3. The molecule has 4 atom stereocenters. The van der Waals surface area contributed by atoms with E-state index in [0.717, 1.165) is 16.7 Å². The Morgan fingerprint density at radius 1 is 0.610 bits per heavy atom. The number of benzene rings is 4. The van der Waals surface area contributed by atoms with Gasteiger partial charge in [-0.1, -0.05) is 109 Å². The smallest absolute Gasteiger partial charge is 0.126 e. The summed E-state index contributed by atoms with van der Waals surface area (Å²) in [6.07, 6.45) is -1.04. The molecule has 1 aliphatic rings. The number of piperidine rings is 1. The fourth-order valence-corrected chi connectivity index (χ4v) is 5.38. The zero-order valence-corrected chi connectivity index (χ0v) is 23.2. The van der Waals surface area contributed by atoms with Gasteiger partial charge in [0.2, 0.25) is 0 Å². The predicted octanol–water partition coefficient (Wildman–Crippen LogP) is 6.78. The van der Waals surface area contributed by atoms with Crippen molar-refractivity contribution in [2.24, 2.45) is 0 Å². The molecule has 1 aliphatic heterocycles. The average molecular weight is 558 g/mol. The standard InChI is InChI=1S/C35H37F2NO3/c36-22-32-34(40-25-28-14-6-2-7-15-28)35(41-26-29-16-8-3-9-17-29)33(39-24-27-12-4-1-5-13-27)23-38(32)21-20-30-18-10-11-19-31(30)37/h1-19,32-35H,20-26H2/t32-,33+,34-,35-/m1/s1. The largest absolute Gasteiger partial charge is 0.369 e. The van der Waals surface area contributed by atoms with Crippen LogP contribution in [0.5, 0.6) is 0 Å². The molecule has 6 heteroatoms. The molecule has 0 N–H and O–H groups in total. The summed E-state index contributed by atoms with van der Waals surface area (Å²) in [5, 5.41) is 0. The van der Waals surface area contributed by atoms with Gasteiger partial charge in [0, 0.05) is 13.1 Å². The summed E-state index contributed by atoms with van der Waals surface area (Å²) in [6, 6.07) is 35.9. The molecule has 4 aromatic carbocycles. The first kappa shape index (κ1) is 29.1. The number of alkyl halides is 1. The van der Waals surface area contributed by atoms with Crippen LogP contribution >= 0.6 is 0 Å². The molecule has 0 radical (unpaired) electrons. The molecule has 214 valence electrons. The molecule has 4 nitrogen and oxygen atoms in total. The van der Waals surface area contributed by atoms with Crippen molar-refractivity contribution >= 4 is 0 Å². The van der Waals surface area contributed by atoms with Crippen molar-refractivity contribution < 1.29 is 23.0 Å². The summed E-state index contributed by atoms with van der Waals surface area (Å²) >= 11 is 0. The van der Waals surface area contributed by atoms with Crippen LogP contribution in [-0.4, -0.2) is 49.0 Å². The van der Waals surface area contributed by atoms with Gasteiger partial charge in [0.25, 0.3) is 0 Å². The third-order valence-electron chi connectivity index (χ3n) is 7.61. The second-order valence-electron chi connectivity index (χ2n) is 10.4. The number of hydrogen-bond donors (Lipinski definition) is 0. The molecule has 0 unspecified atom stereocenters. The van der Waals surface area contributed by atoms with E-state index in [1.807, 2.05) is 102 Å². The lowest BCUT2D eigenvalue weighted by molar-refractivity contribution is -0.205. The molecule has 0 spiro atoms. The van der Waals surface area contributed by atoms with Crippen LogP contribution in [0, 0.1) is 5.82 Å². The normalized spacial score (nSPS) is 21.1. The van der Waals surface area contributed by atoms with Gasteiger partial charge in [0.15, 0.2) is 0 Å². The zero-order chi connectivity index (χ0) is 28.3. The van der Waals surface area contributed by atoms with E-state index in [2.05, 4.69) is 0 Å². The monoisotopic (exact) mass is 557 g/mol. The van der Waals surface area contributed by atoms with Crippen LogP contribution < -0.4 is 0 Å². The van der Waals surface area contributed by atoms with Gasteiger partial charge in [-0.25, -0.2) is 8.78 Å². The van der Waals surface area contributed by atoms with E-state index in [1.54, 1.807) is 12.1 Å². The number of rotatable bonds is 13. The highest BCUT2D eigenvalue weighted by atomic mass is 19.1. The van der Waals surface area contributed by atoms with Crippen LogP contribution in [-0.2, 0) is 40.5 Å². The van der Waals surface area contributed by atoms with Gasteiger partial charge in [0.1, 0.15) is 24.7 Å². The minimum Gasteiger partial charge on any atom is -0.369 e. The minimum absolute atomic E-state index is 0.251. The molecule has 1 fully saturated rings. The molecule has 0 bridgehead atoms. The quantitative estimate of drug-likeness (QED) is 0.181. The summed E-state index contributed by atoms with van der Waals surface area (Å²) in [5.74, 6) is -0.251. The molecule has 5 rings (SSSR count). The highest BCUT2D eigenvalue weighted by molar-refractivity contribution is 5.19. The van der Waals surface area contributed by atoms with Gasteiger partial charge in [-0.05, 0) is 34.7 Å². The SMILES string of the molecule is FC[C@@H]1[C@@H](OCc2ccccc2)[C@H](OCc2ccccc2)[C@@H](OCc2ccccc2)CN1CCc1ccccc1F. The molecule has 0 aliphatic carbocycles. The van der Waals surface area contributed by atoms with Crippen molar-refractivity contribution in [2.75, 3.05) is 19.8 Å². The summed E-state index contributed by atoms with van der Waals surface area (Å²) in [4.78, 5) is 2.04. The van der Waals surface area contributed by atoms with Gasteiger partial charge in [-0.2, -0.15) is 0 Å². The Morgan fingerprint density at radius 2 is 1.10 bits per heavy atom. The van der Waals surface area contributed by atoms with Crippen molar-refractivity contribution in [3.8, 4) is 0 Å². The van der Waals surface area contributed by atoms with E-state index in [1.165, 1.54) is 6.07 Å². The Kier molecular flexibility index (Phi) is 10.6. The van der Waals surface area contributed by atoms with Crippen molar-refractivity contribution in [2.45, 2.75) is 50.6 Å². The maximum Gasteiger partial charge on any atom is 0.126 e. The van der Waals surface area contributed by atoms with Gasteiger partial charge in [-0.3, -0.25) is 4.90 Å². The molecule has 0 amide bonds. The van der Waals surface area contributed by atoms with Crippen molar-refractivity contribution in [3.05, 3.63) is 143 Å². The van der Waals surface area contributed by atoms with E-state index in [-0.39, 0.29) is 11.9 Å². The first-order chi connectivity index (χ1) is 20.2. The molecule has 1 heterocycles. The molecule has 0 saturated carbocycles. The summed E-state index contributed by atoms with van der Waals surface area (Å²) in [5.41, 5.74) is 3.67. The number of nitrogens with zero attached hydrogens (tertiary/aromatic N) is 1. The van der Waals surface area contributed by atoms with E-state index >= 15 is 0 Å². The maximum absolute atomic E-state index is 14.9. The van der Waals surface area contributed by atoms with Gasteiger partial charge >= 0.3 is 0 Å². The second kappa shape index (κ2) is 15.0. The number of ether oxygens (including phenoxy) is 3.